The second-order valence-electron chi connectivity index (χ2n) is 5.21. The molecule has 1 heterocycles. The SMILES string of the molecule is O=C(CN1CCCCCC1CO)Nc1cccc(Cl)c1. The predicted molar refractivity (Wildman–Crippen MR) is 81.0 cm³/mol. The lowest BCUT2D eigenvalue weighted by Crippen LogP contribution is -2.42. The Kier molecular flexibility index (Phi) is 5.83. The standard InChI is InChI=1S/C15H21ClN2O2/c16-12-5-4-6-13(9-12)17-15(20)10-18-8-3-1-2-7-14(18)11-19/h4-6,9,14,19H,1-3,7-8,10-11H2,(H,17,20). The largest absolute Gasteiger partial charge is 0.395 e. The van der Waals surface area contributed by atoms with Crippen LogP contribution >= 0.6 is 11.6 Å². The van der Waals surface area contributed by atoms with Gasteiger partial charge in [-0.05, 0) is 37.6 Å². The van der Waals surface area contributed by atoms with Gasteiger partial charge in [0.2, 0.25) is 5.91 Å². The number of hydrogen-bond acceptors (Lipinski definition) is 3. The van der Waals surface area contributed by atoms with E-state index in [4.69, 9.17) is 11.6 Å². The molecular formula is C15H21ClN2O2. The number of amides is 1. The molecule has 1 aliphatic rings. The predicted octanol–water partition coefficient (Wildman–Crippen LogP) is 2.52. The van der Waals surface area contributed by atoms with Crippen LogP contribution < -0.4 is 5.32 Å². The number of likely N-dealkylation sites (tertiary alicyclic amines) is 1. The van der Waals surface area contributed by atoms with E-state index in [0.717, 1.165) is 25.8 Å². The van der Waals surface area contributed by atoms with E-state index in [1.165, 1.54) is 6.42 Å². The van der Waals surface area contributed by atoms with Crippen molar-refractivity contribution in [2.24, 2.45) is 0 Å². The van der Waals surface area contributed by atoms with Crippen LogP contribution in [0.2, 0.25) is 5.02 Å². The molecule has 1 saturated heterocycles. The van der Waals surface area contributed by atoms with E-state index >= 15 is 0 Å². The number of halogens is 1. The Balaban J connectivity index is 1.92. The van der Waals surface area contributed by atoms with Gasteiger partial charge < -0.3 is 10.4 Å². The number of aliphatic hydroxyl groups is 1. The van der Waals surface area contributed by atoms with Crippen molar-refractivity contribution < 1.29 is 9.90 Å². The number of carbonyl (C=O) groups excluding carboxylic acids is 1. The third-order valence-corrected chi connectivity index (χ3v) is 3.90. The second-order valence-corrected chi connectivity index (χ2v) is 5.65. The van der Waals surface area contributed by atoms with Gasteiger partial charge in [-0.3, -0.25) is 9.69 Å². The highest BCUT2D eigenvalue weighted by atomic mass is 35.5. The average molecular weight is 297 g/mol. The molecule has 110 valence electrons. The maximum atomic E-state index is 12.1. The third kappa shape index (κ3) is 4.47. The van der Waals surface area contributed by atoms with Crippen LogP contribution in [0.4, 0.5) is 5.69 Å². The van der Waals surface area contributed by atoms with Crippen LogP contribution in [0.5, 0.6) is 0 Å². The van der Waals surface area contributed by atoms with Crippen molar-refractivity contribution in [3.8, 4) is 0 Å². The van der Waals surface area contributed by atoms with Gasteiger partial charge in [0.25, 0.3) is 0 Å². The summed E-state index contributed by atoms with van der Waals surface area (Å²) >= 11 is 5.89. The van der Waals surface area contributed by atoms with E-state index in [1.54, 1.807) is 18.2 Å². The van der Waals surface area contributed by atoms with E-state index in [2.05, 4.69) is 10.2 Å². The third-order valence-electron chi connectivity index (χ3n) is 3.66. The molecule has 1 unspecified atom stereocenters. The van der Waals surface area contributed by atoms with Crippen LogP contribution in [0, 0.1) is 0 Å². The Morgan fingerprint density at radius 3 is 3.00 bits per heavy atom. The molecule has 0 spiro atoms. The molecule has 0 aromatic heterocycles. The Bertz CT molecular complexity index is 453. The Labute approximate surface area is 124 Å². The first-order valence-corrected chi connectivity index (χ1v) is 7.47. The molecule has 20 heavy (non-hydrogen) atoms. The zero-order valence-electron chi connectivity index (χ0n) is 11.5. The summed E-state index contributed by atoms with van der Waals surface area (Å²) in [6, 6.07) is 7.22. The van der Waals surface area contributed by atoms with Gasteiger partial charge in [0.15, 0.2) is 0 Å². The highest BCUT2D eigenvalue weighted by Crippen LogP contribution is 2.17. The molecule has 2 rings (SSSR count). The van der Waals surface area contributed by atoms with Crippen molar-refractivity contribution in [3.63, 3.8) is 0 Å². The summed E-state index contributed by atoms with van der Waals surface area (Å²) in [6.45, 7) is 1.30. The fourth-order valence-corrected chi connectivity index (χ4v) is 2.79. The van der Waals surface area contributed by atoms with Gasteiger partial charge in [-0.25, -0.2) is 0 Å². The van der Waals surface area contributed by atoms with Crippen molar-refractivity contribution in [2.75, 3.05) is 25.0 Å². The molecule has 0 saturated carbocycles. The summed E-state index contributed by atoms with van der Waals surface area (Å²) in [6.07, 6.45) is 4.34. The number of benzene rings is 1. The lowest BCUT2D eigenvalue weighted by Gasteiger charge is -2.27. The smallest absolute Gasteiger partial charge is 0.238 e. The molecular weight excluding hydrogens is 276 g/mol. The lowest BCUT2D eigenvalue weighted by atomic mass is 10.1. The first kappa shape index (κ1) is 15.3. The van der Waals surface area contributed by atoms with Gasteiger partial charge in [-0.15, -0.1) is 0 Å². The van der Waals surface area contributed by atoms with Gasteiger partial charge in [0.1, 0.15) is 0 Å². The maximum absolute atomic E-state index is 12.1. The number of aliphatic hydroxyl groups excluding tert-OH is 1. The topological polar surface area (TPSA) is 52.6 Å². The van der Waals surface area contributed by atoms with Crippen LogP contribution in [0.25, 0.3) is 0 Å². The molecule has 1 atom stereocenters. The first-order chi connectivity index (χ1) is 9.69. The van der Waals surface area contributed by atoms with Gasteiger partial charge in [0, 0.05) is 16.8 Å². The summed E-state index contributed by atoms with van der Waals surface area (Å²) < 4.78 is 0. The molecule has 5 heteroatoms. The molecule has 0 aliphatic carbocycles. The number of rotatable bonds is 4. The molecule has 1 aromatic rings. The Hall–Kier alpha value is -1.10. The monoisotopic (exact) mass is 296 g/mol. The highest BCUT2D eigenvalue weighted by Gasteiger charge is 2.22. The summed E-state index contributed by atoms with van der Waals surface area (Å²) in [5.41, 5.74) is 0.706. The average Bonchev–Trinajstić information content (AvgIpc) is 2.63. The molecule has 4 nitrogen and oxygen atoms in total. The van der Waals surface area contributed by atoms with Gasteiger partial charge in [-0.2, -0.15) is 0 Å². The van der Waals surface area contributed by atoms with E-state index in [1.807, 2.05) is 6.07 Å². The molecule has 1 aromatic carbocycles. The van der Waals surface area contributed by atoms with Crippen molar-refractivity contribution >= 4 is 23.2 Å². The molecule has 1 fully saturated rings. The van der Waals surface area contributed by atoms with Gasteiger partial charge in [-0.1, -0.05) is 30.5 Å². The minimum Gasteiger partial charge on any atom is -0.395 e. The molecule has 1 aliphatic heterocycles. The lowest BCUT2D eigenvalue weighted by molar-refractivity contribution is -0.118. The highest BCUT2D eigenvalue weighted by molar-refractivity contribution is 6.30. The maximum Gasteiger partial charge on any atom is 0.238 e. The van der Waals surface area contributed by atoms with Crippen molar-refractivity contribution in [2.45, 2.75) is 31.7 Å². The zero-order chi connectivity index (χ0) is 14.4. The molecule has 0 radical (unpaired) electrons. The van der Waals surface area contributed by atoms with E-state index < -0.39 is 0 Å². The number of anilines is 1. The summed E-state index contributed by atoms with van der Waals surface area (Å²) in [7, 11) is 0. The minimum atomic E-state index is -0.0624. The number of carbonyl (C=O) groups is 1. The van der Waals surface area contributed by atoms with Crippen LogP contribution in [0.3, 0.4) is 0 Å². The molecule has 1 amide bonds. The first-order valence-electron chi connectivity index (χ1n) is 7.09. The van der Waals surface area contributed by atoms with Crippen LogP contribution in [-0.2, 0) is 4.79 Å². The van der Waals surface area contributed by atoms with E-state index in [9.17, 15) is 9.90 Å². The minimum absolute atomic E-state index is 0.0624. The summed E-state index contributed by atoms with van der Waals surface area (Å²) in [5, 5.41) is 12.9. The fourth-order valence-electron chi connectivity index (χ4n) is 2.60. The van der Waals surface area contributed by atoms with Gasteiger partial charge >= 0.3 is 0 Å². The van der Waals surface area contributed by atoms with E-state index in [0.29, 0.717) is 17.3 Å². The van der Waals surface area contributed by atoms with Crippen LogP contribution in [0.15, 0.2) is 24.3 Å². The number of hydrogen-bond donors (Lipinski definition) is 2. The van der Waals surface area contributed by atoms with Crippen molar-refractivity contribution in [3.05, 3.63) is 29.3 Å². The van der Waals surface area contributed by atoms with Crippen molar-refractivity contribution in [1.29, 1.82) is 0 Å². The zero-order valence-corrected chi connectivity index (χ0v) is 12.3. The number of nitrogens with zero attached hydrogens (tertiary/aromatic N) is 1. The summed E-state index contributed by atoms with van der Waals surface area (Å²) in [4.78, 5) is 14.2. The molecule has 2 N–H and O–H groups in total. The van der Waals surface area contributed by atoms with Crippen LogP contribution in [0.1, 0.15) is 25.7 Å². The Morgan fingerprint density at radius 1 is 1.40 bits per heavy atom. The normalized spacial score (nSPS) is 20.4. The number of nitrogens with one attached hydrogen (secondary N) is 1. The van der Waals surface area contributed by atoms with E-state index in [-0.39, 0.29) is 18.6 Å². The summed E-state index contributed by atoms with van der Waals surface area (Å²) in [5.74, 6) is -0.0624. The quantitative estimate of drug-likeness (QED) is 0.898. The van der Waals surface area contributed by atoms with Gasteiger partial charge in [0.05, 0.1) is 13.2 Å². The van der Waals surface area contributed by atoms with Crippen LogP contribution in [-0.4, -0.2) is 41.7 Å². The molecule has 0 bridgehead atoms. The Morgan fingerprint density at radius 2 is 2.25 bits per heavy atom. The van der Waals surface area contributed by atoms with Crippen molar-refractivity contribution in [1.82, 2.24) is 4.90 Å². The fraction of sp³-hybridized carbons (Fsp3) is 0.533. The second kappa shape index (κ2) is 7.62.